The van der Waals surface area contributed by atoms with Gasteiger partial charge in [-0.05, 0) is 49.1 Å². The smallest absolute Gasteiger partial charge is 0.178 e. The number of hydrogen-bond donors (Lipinski definition) is 1. The lowest BCUT2D eigenvalue weighted by molar-refractivity contribution is 0.0779. The van der Waals surface area contributed by atoms with Crippen LogP contribution in [-0.4, -0.2) is 42.1 Å². The van der Waals surface area contributed by atoms with Crippen molar-refractivity contribution >= 4 is 17.1 Å². The van der Waals surface area contributed by atoms with Crippen LogP contribution >= 0.6 is 0 Å². The molecule has 6 rings (SSSR count). The lowest BCUT2D eigenvalue weighted by atomic mass is 9.95. The van der Waals surface area contributed by atoms with Crippen LogP contribution in [0.15, 0.2) is 84.7 Å². The van der Waals surface area contributed by atoms with Crippen molar-refractivity contribution in [3.05, 3.63) is 95.9 Å². The zero-order chi connectivity index (χ0) is 25.9. The molecule has 1 saturated heterocycles. The van der Waals surface area contributed by atoms with E-state index in [0.29, 0.717) is 6.42 Å². The number of nitrogens with zero attached hydrogens (tertiary/aromatic N) is 4. The molecule has 38 heavy (non-hydrogen) atoms. The molecule has 2 aromatic carbocycles. The summed E-state index contributed by atoms with van der Waals surface area (Å²) >= 11 is 0. The van der Waals surface area contributed by atoms with Crippen molar-refractivity contribution in [1.82, 2.24) is 14.8 Å². The van der Waals surface area contributed by atoms with E-state index in [1.54, 1.807) is 14.2 Å². The molecule has 194 valence electrons. The molecule has 0 radical (unpaired) electrons. The Morgan fingerprint density at radius 3 is 2.29 bits per heavy atom. The predicted octanol–water partition coefficient (Wildman–Crippen LogP) is 6.17. The van der Waals surface area contributed by atoms with Gasteiger partial charge in [0.05, 0.1) is 18.5 Å². The predicted molar refractivity (Wildman–Crippen MR) is 151 cm³/mol. The summed E-state index contributed by atoms with van der Waals surface area (Å²) in [7, 11) is 3.44. The standard InChI is InChI=1S/C31H33N5O2/c1-37-24-16-14-22(15-17-24)28-25(33-27-13-7-8-18-32-27)21-26-30(35-19-9-4-10-20-35)29(23-11-5-3-6-12-23)34-36(26)31(28)38-2/h3,5-8,11-18,31H,4,9-10,19-21H2,1-2H3,(H,32,33). The zero-order valence-corrected chi connectivity index (χ0v) is 21.9. The molecule has 0 amide bonds. The van der Waals surface area contributed by atoms with Crippen molar-refractivity contribution in [3.8, 4) is 17.0 Å². The van der Waals surface area contributed by atoms with Gasteiger partial charge in [0.25, 0.3) is 0 Å². The minimum atomic E-state index is -0.403. The normalized spacial score (nSPS) is 17.3. The number of allylic oxidation sites excluding steroid dienone is 1. The number of rotatable bonds is 7. The number of ether oxygens (including phenoxy) is 2. The van der Waals surface area contributed by atoms with Crippen LogP contribution in [0, 0.1) is 0 Å². The highest BCUT2D eigenvalue weighted by molar-refractivity contribution is 5.82. The summed E-state index contributed by atoms with van der Waals surface area (Å²) in [5.41, 5.74) is 7.66. The van der Waals surface area contributed by atoms with Crippen LogP contribution in [0.1, 0.15) is 36.7 Å². The van der Waals surface area contributed by atoms with Crippen molar-refractivity contribution < 1.29 is 9.47 Å². The number of anilines is 2. The van der Waals surface area contributed by atoms with Gasteiger partial charge in [-0.25, -0.2) is 9.67 Å². The van der Waals surface area contributed by atoms with E-state index in [1.165, 1.54) is 24.9 Å². The highest BCUT2D eigenvalue weighted by atomic mass is 16.5. The summed E-state index contributed by atoms with van der Waals surface area (Å²) < 4.78 is 13.8. The lowest BCUT2D eigenvalue weighted by Crippen LogP contribution is -2.32. The van der Waals surface area contributed by atoms with E-state index in [9.17, 15) is 0 Å². The maximum absolute atomic E-state index is 6.23. The van der Waals surface area contributed by atoms with Gasteiger partial charge < -0.3 is 19.7 Å². The Hall–Kier alpha value is -4.10. The number of benzene rings is 2. The summed E-state index contributed by atoms with van der Waals surface area (Å²) in [4.78, 5) is 7.08. The molecule has 2 aliphatic heterocycles. The van der Waals surface area contributed by atoms with Crippen LogP contribution in [0.5, 0.6) is 5.75 Å². The molecule has 4 aromatic rings. The first-order valence-electron chi connectivity index (χ1n) is 13.3. The summed E-state index contributed by atoms with van der Waals surface area (Å²) in [5, 5.41) is 8.89. The monoisotopic (exact) mass is 507 g/mol. The fourth-order valence-electron chi connectivity index (χ4n) is 5.60. The van der Waals surface area contributed by atoms with Gasteiger partial charge >= 0.3 is 0 Å². The third kappa shape index (κ3) is 4.54. The molecule has 7 heteroatoms. The first kappa shape index (κ1) is 24.2. The summed E-state index contributed by atoms with van der Waals surface area (Å²) in [6.45, 7) is 2.07. The van der Waals surface area contributed by atoms with Crippen molar-refractivity contribution in [1.29, 1.82) is 0 Å². The molecule has 2 aliphatic rings. The molecule has 1 atom stereocenters. The fourth-order valence-corrected chi connectivity index (χ4v) is 5.60. The van der Waals surface area contributed by atoms with Gasteiger partial charge in [0, 0.05) is 49.7 Å². The average Bonchev–Trinajstić information content (AvgIpc) is 3.37. The number of aromatic nitrogens is 3. The minimum absolute atomic E-state index is 0.403. The SMILES string of the molecule is COc1ccc(C2=C(Nc3ccccn3)Cc3c(N4CCCCC4)c(-c4ccccc4)nn3C2OC)cc1. The minimum Gasteiger partial charge on any atom is -0.497 e. The fraction of sp³-hybridized carbons (Fsp3) is 0.290. The molecular weight excluding hydrogens is 474 g/mol. The Bertz CT molecular complexity index is 1410. The number of pyridine rings is 1. The van der Waals surface area contributed by atoms with Crippen LogP contribution < -0.4 is 15.0 Å². The average molecular weight is 508 g/mol. The topological polar surface area (TPSA) is 64.4 Å². The van der Waals surface area contributed by atoms with Gasteiger partial charge in [-0.15, -0.1) is 0 Å². The van der Waals surface area contributed by atoms with Gasteiger partial charge in [-0.1, -0.05) is 48.5 Å². The zero-order valence-electron chi connectivity index (χ0n) is 21.9. The molecule has 0 aliphatic carbocycles. The molecular formula is C31H33N5O2. The second kappa shape index (κ2) is 10.7. The summed E-state index contributed by atoms with van der Waals surface area (Å²) in [5.74, 6) is 1.62. The number of nitrogens with one attached hydrogen (secondary N) is 1. The van der Waals surface area contributed by atoms with Crippen molar-refractivity contribution in [2.75, 3.05) is 37.5 Å². The van der Waals surface area contributed by atoms with E-state index in [4.69, 9.17) is 14.6 Å². The van der Waals surface area contributed by atoms with Crippen LogP contribution in [0.2, 0.25) is 0 Å². The second-order valence-corrected chi connectivity index (χ2v) is 9.73. The third-order valence-corrected chi connectivity index (χ3v) is 7.41. The highest BCUT2D eigenvalue weighted by Gasteiger charge is 2.35. The van der Waals surface area contributed by atoms with E-state index < -0.39 is 6.23 Å². The van der Waals surface area contributed by atoms with E-state index in [-0.39, 0.29) is 0 Å². The third-order valence-electron chi connectivity index (χ3n) is 7.41. The van der Waals surface area contributed by atoms with Crippen LogP contribution in [0.4, 0.5) is 11.5 Å². The molecule has 0 spiro atoms. The Morgan fingerprint density at radius 1 is 0.842 bits per heavy atom. The van der Waals surface area contributed by atoms with E-state index in [2.05, 4.69) is 62.3 Å². The quantitative estimate of drug-likeness (QED) is 0.323. The number of piperidine rings is 1. The number of methoxy groups -OCH3 is 2. The van der Waals surface area contributed by atoms with Gasteiger partial charge in [0.2, 0.25) is 0 Å². The highest BCUT2D eigenvalue weighted by Crippen LogP contribution is 2.45. The Labute approximate surface area is 223 Å². The van der Waals surface area contributed by atoms with Crippen molar-refractivity contribution in [3.63, 3.8) is 0 Å². The maximum Gasteiger partial charge on any atom is 0.178 e. The molecule has 4 heterocycles. The second-order valence-electron chi connectivity index (χ2n) is 9.73. The molecule has 0 bridgehead atoms. The summed E-state index contributed by atoms with van der Waals surface area (Å²) in [6.07, 6.45) is 5.75. The van der Waals surface area contributed by atoms with Gasteiger partial charge in [-0.3, -0.25) is 0 Å². The van der Waals surface area contributed by atoms with Gasteiger partial charge in [0.1, 0.15) is 17.3 Å². The molecule has 7 nitrogen and oxygen atoms in total. The number of fused-ring (bicyclic) bond motifs is 1. The maximum atomic E-state index is 6.23. The first-order valence-corrected chi connectivity index (χ1v) is 13.3. The van der Waals surface area contributed by atoms with E-state index in [0.717, 1.165) is 58.4 Å². The molecule has 0 saturated carbocycles. The van der Waals surface area contributed by atoms with Crippen molar-refractivity contribution in [2.24, 2.45) is 0 Å². The van der Waals surface area contributed by atoms with Crippen molar-refractivity contribution in [2.45, 2.75) is 31.9 Å². The Kier molecular flexibility index (Phi) is 6.84. The molecule has 1 fully saturated rings. The van der Waals surface area contributed by atoms with Gasteiger partial charge in [0.15, 0.2) is 6.23 Å². The largest absolute Gasteiger partial charge is 0.497 e. The molecule has 1 N–H and O–H groups in total. The van der Waals surface area contributed by atoms with Crippen LogP contribution in [-0.2, 0) is 11.2 Å². The molecule has 1 unspecified atom stereocenters. The van der Waals surface area contributed by atoms with E-state index in [1.807, 2.05) is 36.5 Å². The summed E-state index contributed by atoms with van der Waals surface area (Å²) in [6, 6.07) is 24.6. The molecule has 2 aromatic heterocycles. The van der Waals surface area contributed by atoms with Gasteiger partial charge in [-0.2, -0.15) is 5.10 Å². The first-order chi connectivity index (χ1) is 18.8. The number of hydrogen-bond acceptors (Lipinski definition) is 6. The van der Waals surface area contributed by atoms with E-state index >= 15 is 0 Å². The lowest BCUT2D eigenvalue weighted by Gasteiger charge is -2.33. The Morgan fingerprint density at radius 2 is 1.61 bits per heavy atom. The van der Waals surface area contributed by atoms with Crippen LogP contribution in [0.25, 0.3) is 16.8 Å². The Balaban J connectivity index is 1.53. The van der Waals surface area contributed by atoms with Crippen LogP contribution in [0.3, 0.4) is 0 Å².